The molecular formula is C18H20N2O5S. The van der Waals surface area contributed by atoms with Gasteiger partial charge in [-0.2, -0.15) is 0 Å². The van der Waals surface area contributed by atoms with Crippen molar-refractivity contribution in [2.45, 2.75) is 19.9 Å². The molecule has 0 bridgehead atoms. The quantitative estimate of drug-likeness (QED) is 0.867. The SMILES string of the molecule is Cc1ccc(N([C@H](C)C(=O)Nc2ccc3c(c2)OCO3)S(C)(=O)=O)cc1. The van der Waals surface area contributed by atoms with E-state index >= 15 is 0 Å². The Bertz CT molecular complexity index is 925. The molecule has 1 amide bonds. The summed E-state index contributed by atoms with van der Waals surface area (Å²) < 4.78 is 36.2. The van der Waals surface area contributed by atoms with Gasteiger partial charge in [0.15, 0.2) is 11.5 Å². The van der Waals surface area contributed by atoms with Crippen LogP contribution in [-0.2, 0) is 14.8 Å². The second kappa shape index (κ2) is 6.87. The van der Waals surface area contributed by atoms with Crippen LogP contribution >= 0.6 is 0 Å². The molecule has 1 heterocycles. The summed E-state index contributed by atoms with van der Waals surface area (Å²) in [6, 6.07) is 11.0. The van der Waals surface area contributed by atoms with Gasteiger partial charge in [0.05, 0.1) is 11.9 Å². The monoisotopic (exact) mass is 376 g/mol. The van der Waals surface area contributed by atoms with Crippen molar-refractivity contribution in [3.8, 4) is 11.5 Å². The van der Waals surface area contributed by atoms with Crippen LogP contribution in [0.2, 0.25) is 0 Å². The van der Waals surface area contributed by atoms with Crippen molar-refractivity contribution in [1.29, 1.82) is 0 Å². The van der Waals surface area contributed by atoms with Crippen LogP contribution in [0.3, 0.4) is 0 Å². The number of amides is 1. The van der Waals surface area contributed by atoms with Gasteiger partial charge in [0.1, 0.15) is 6.04 Å². The lowest BCUT2D eigenvalue weighted by Crippen LogP contribution is -2.45. The fraction of sp³-hybridized carbons (Fsp3) is 0.278. The molecule has 0 spiro atoms. The first-order valence-electron chi connectivity index (χ1n) is 8.02. The molecular weight excluding hydrogens is 356 g/mol. The lowest BCUT2D eigenvalue weighted by atomic mass is 10.2. The van der Waals surface area contributed by atoms with Crippen LogP contribution in [0.1, 0.15) is 12.5 Å². The molecule has 8 heteroatoms. The number of carbonyl (C=O) groups excluding carboxylic acids is 1. The van der Waals surface area contributed by atoms with Crippen molar-refractivity contribution in [2.24, 2.45) is 0 Å². The lowest BCUT2D eigenvalue weighted by Gasteiger charge is -2.28. The fourth-order valence-corrected chi connectivity index (χ4v) is 3.90. The van der Waals surface area contributed by atoms with Gasteiger partial charge in [0, 0.05) is 11.8 Å². The molecule has 2 aromatic carbocycles. The molecule has 138 valence electrons. The largest absolute Gasteiger partial charge is 0.454 e. The third kappa shape index (κ3) is 3.75. The molecule has 2 aromatic rings. The molecule has 3 rings (SSSR count). The van der Waals surface area contributed by atoms with Crippen LogP contribution in [0.25, 0.3) is 0 Å². The van der Waals surface area contributed by atoms with Crippen molar-refractivity contribution in [2.75, 3.05) is 22.7 Å². The summed E-state index contributed by atoms with van der Waals surface area (Å²) in [5.74, 6) is 0.692. The number of benzene rings is 2. The van der Waals surface area contributed by atoms with Crippen LogP contribution < -0.4 is 19.1 Å². The molecule has 0 aliphatic carbocycles. The van der Waals surface area contributed by atoms with Crippen LogP contribution in [0, 0.1) is 6.92 Å². The summed E-state index contributed by atoms with van der Waals surface area (Å²) in [7, 11) is -3.65. The van der Waals surface area contributed by atoms with Crippen molar-refractivity contribution >= 4 is 27.3 Å². The van der Waals surface area contributed by atoms with E-state index in [9.17, 15) is 13.2 Å². The van der Waals surface area contributed by atoms with Gasteiger partial charge in [-0.05, 0) is 38.1 Å². The minimum absolute atomic E-state index is 0.137. The first-order valence-corrected chi connectivity index (χ1v) is 9.87. The van der Waals surface area contributed by atoms with E-state index in [1.807, 2.05) is 6.92 Å². The Kier molecular flexibility index (Phi) is 4.78. The molecule has 0 saturated heterocycles. The number of ether oxygens (including phenoxy) is 2. The summed E-state index contributed by atoms with van der Waals surface area (Å²) in [6.07, 6.45) is 1.08. The van der Waals surface area contributed by atoms with Crippen LogP contribution in [-0.4, -0.2) is 33.4 Å². The van der Waals surface area contributed by atoms with Gasteiger partial charge in [-0.3, -0.25) is 9.10 Å². The smallest absolute Gasteiger partial charge is 0.247 e. The second-order valence-electron chi connectivity index (χ2n) is 6.13. The van der Waals surface area contributed by atoms with Gasteiger partial charge in [-0.25, -0.2) is 8.42 Å². The summed E-state index contributed by atoms with van der Waals surface area (Å²) in [5, 5.41) is 2.72. The molecule has 1 aliphatic rings. The predicted octanol–water partition coefficient (Wildman–Crippen LogP) is 2.52. The normalized spacial score (nSPS) is 14.0. The minimum atomic E-state index is -3.65. The molecule has 0 fully saturated rings. The second-order valence-corrected chi connectivity index (χ2v) is 7.99. The average Bonchev–Trinajstić information content (AvgIpc) is 3.03. The molecule has 1 atom stereocenters. The van der Waals surface area contributed by atoms with Gasteiger partial charge in [0.2, 0.25) is 22.7 Å². The maximum Gasteiger partial charge on any atom is 0.247 e. The zero-order chi connectivity index (χ0) is 18.9. The van der Waals surface area contributed by atoms with E-state index in [0.29, 0.717) is 22.9 Å². The number of rotatable bonds is 5. The van der Waals surface area contributed by atoms with Crippen molar-refractivity contribution < 1.29 is 22.7 Å². The first kappa shape index (κ1) is 18.1. The third-order valence-electron chi connectivity index (χ3n) is 4.02. The maximum atomic E-state index is 12.7. The highest BCUT2D eigenvalue weighted by Gasteiger charge is 2.29. The standard InChI is InChI=1S/C18H20N2O5S/c1-12-4-7-15(8-5-12)20(26(3,22)23)13(2)18(21)19-14-6-9-16-17(10-14)25-11-24-16/h4-10,13H,11H2,1-3H3,(H,19,21)/t13-/m1/s1. The minimum Gasteiger partial charge on any atom is -0.454 e. The predicted molar refractivity (Wildman–Crippen MR) is 99.2 cm³/mol. The van der Waals surface area contributed by atoms with Crippen LogP contribution in [0.5, 0.6) is 11.5 Å². The van der Waals surface area contributed by atoms with E-state index in [1.54, 1.807) is 49.4 Å². The molecule has 7 nitrogen and oxygen atoms in total. The number of nitrogens with one attached hydrogen (secondary N) is 1. The number of hydrogen-bond acceptors (Lipinski definition) is 5. The summed E-state index contributed by atoms with van der Waals surface area (Å²) in [6.45, 7) is 3.59. The number of sulfonamides is 1. The van der Waals surface area contributed by atoms with E-state index in [1.165, 1.54) is 0 Å². The molecule has 0 radical (unpaired) electrons. The Labute approximate surface area is 152 Å². The Morgan fingerprint density at radius 2 is 1.77 bits per heavy atom. The number of carbonyl (C=O) groups is 1. The zero-order valence-electron chi connectivity index (χ0n) is 14.7. The highest BCUT2D eigenvalue weighted by molar-refractivity contribution is 7.92. The number of hydrogen-bond donors (Lipinski definition) is 1. The van der Waals surface area contributed by atoms with Crippen LogP contribution in [0.15, 0.2) is 42.5 Å². The third-order valence-corrected chi connectivity index (χ3v) is 5.26. The Hall–Kier alpha value is -2.74. The molecule has 26 heavy (non-hydrogen) atoms. The number of anilines is 2. The summed E-state index contributed by atoms with van der Waals surface area (Å²) in [5.41, 5.74) is 1.94. The van der Waals surface area contributed by atoms with Crippen molar-refractivity contribution in [3.05, 3.63) is 48.0 Å². The first-order chi connectivity index (χ1) is 12.3. The van der Waals surface area contributed by atoms with Gasteiger partial charge in [-0.1, -0.05) is 17.7 Å². The van der Waals surface area contributed by atoms with Gasteiger partial charge >= 0.3 is 0 Å². The Morgan fingerprint density at radius 3 is 2.42 bits per heavy atom. The summed E-state index contributed by atoms with van der Waals surface area (Å²) in [4.78, 5) is 12.7. The molecule has 0 aromatic heterocycles. The Balaban J connectivity index is 1.83. The van der Waals surface area contributed by atoms with Crippen LogP contribution in [0.4, 0.5) is 11.4 Å². The number of nitrogens with zero attached hydrogens (tertiary/aromatic N) is 1. The highest BCUT2D eigenvalue weighted by Crippen LogP contribution is 2.34. The lowest BCUT2D eigenvalue weighted by molar-refractivity contribution is -0.116. The molecule has 0 unspecified atom stereocenters. The van der Waals surface area contributed by atoms with E-state index in [4.69, 9.17) is 9.47 Å². The van der Waals surface area contributed by atoms with E-state index in [-0.39, 0.29) is 6.79 Å². The van der Waals surface area contributed by atoms with E-state index in [2.05, 4.69) is 5.32 Å². The average molecular weight is 376 g/mol. The van der Waals surface area contributed by atoms with Crippen molar-refractivity contribution in [1.82, 2.24) is 0 Å². The number of aryl methyl sites for hydroxylation is 1. The number of fused-ring (bicyclic) bond motifs is 1. The maximum absolute atomic E-state index is 12.7. The van der Waals surface area contributed by atoms with Crippen molar-refractivity contribution in [3.63, 3.8) is 0 Å². The zero-order valence-corrected chi connectivity index (χ0v) is 15.5. The Morgan fingerprint density at radius 1 is 1.12 bits per heavy atom. The fourth-order valence-electron chi connectivity index (χ4n) is 2.72. The van der Waals surface area contributed by atoms with E-state index in [0.717, 1.165) is 16.1 Å². The summed E-state index contributed by atoms with van der Waals surface area (Å²) >= 11 is 0. The molecule has 1 N–H and O–H groups in total. The topological polar surface area (TPSA) is 84.9 Å². The van der Waals surface area contributed by atoms with Gasteiger partial charge in [-0.15, -0.1) is 0 Å². The molecule has 1 aliphatic heterocycles. The van der Waals surface area contributed by atoms with Gasteiger partial charge < -0.3 is 14.8 Å². The van der Waals surface area contributed by atoms with Gasteiger partial charge in [0.25, 0.3) is 0 Å². The molecule has 0 saturated carbocycles. The van der Waals surface area contributed by atoms with E-state index < -0.39 is 22.0 Å². The highest BCUT2D eigenvalue weighted by atomic mass is 32.2.